The minimum Gasteiger partial charge on any atom is -0.396 e. The maximum absolute atomic E-state index is 8.69. The first-order valence-electron chi connectivity index (χ1n) is 7.31. The Bertz CT molecular complexity index is 484. The Hall–Kier alpha value is -1.75. The zero-order valence-electron chi connectivity index (χ0n) is 11.8. The maximum atomic E-state index is 8.69. The summed E-state index contributed by atoms with van der Waals surface area (Å²) in [5.41, 5.74) is 1.88. The van der Waals surface area contributed by atoms with Gasteiger partial charge in [-0.3, -0.25) is 9.67 Å². The average molecular weight is 274 g/mol. The highest BCUT2D eigenvalue weighted by Crippen LogP contribution is 2.14. The summed E-state index contributed by atoms with van der Waals surface area (Å²) in [6, 6.07) is 3.89. The van der Waals surface area contributed by atoms with E-state index in [0.29, 0.717) is 6.61 Å². The molecule has 5 heteroatoms. The fourth-order valence-electron chi connectivity index (χ4n) is 2.15. The van der Waals surface area contributed by atoms with Crippen LogP contribution in [0.3, 0.4) is 0 Å². The number of nitrogens with zero attached hydrogens (tertiary/aromatic N) is 4. The van der Waals surface area contributed by atoms with Gasteiger partial charge in [-0.05, 0) is 25.0 Å². The molecule has 0 aliphatic heterocycles. The number of hydrogen-bond donors (Lipinski definition) is 1. The van der Waals surface area contributed by atoms with Gasteiger partial charge in [0.15, 0.2) is 0 Å². The first-order chi connectivity index (χ1) is 9.90. The number of hydrogen-bond acceptors (Lipinski definition) is 4. The molecule has 0 atom stereocenters. The number of aryl methyl sites for hydroxylation is 1. The van der Waals surface area contributed by atoms with E-state index >= 15 is 0 Å². The number of aliphatic hydroxyl groups is 1. The monoisotopic (exact) mass is 274 g/mol. The fraction of sp³-hybridized carbons (Fsp3) is 0.533. The summed E-state index contributed by atoms with van der Waals surface area (Å²) in [4.78, 5) is 4.09. The molecule has 0 bridgehead atoms. The first kappa shape index (κ1) is 14.7. The standard InChI is InChI=1S/C15H22N4O/c20-11-6-4-2-1-3-5-10-19-13-15(17-18-19)14-8-7-9-16-12-14/h7-9,12-13,20H,1-6,10-11H2. The molecule has 5 nitrogen and oxygen atoms in total. The summed E-state index contributed by atoms with van der Waals surface area (Å²) in [7, 11) is 0. The third-order valence-electron chi connectivity index (χ3n) is 3.29. The summed E-state index contributed by atoms with van der Waals surface area (Å²) in [6.07, 6.45) is 12.3. The summed E-state index contributed by atoms with van der Waals surface area (Å²) < 4.78 is 1.90. The van der Waals surface area contributed by atoms with Gasteiger partial charge in [-0.15, -0.1) is 5.10 Å². The van der Waals surface area contributed by atoms with Crippen LogP contribution in [0.1, 0.15) is 38.5 Å². The van der Waals surface area contributed by atoms with E-state index in [1.165, 1.54) is 19.3 Å². The van der Waals surface area contributed by atoms with E-state index in [1.54, 1.807) is 12.4 Å². The number of aliphatic hydroxyl groups excluding tert-OH is 1. The lowest BCUT2D eigenvalue weighted by molar-refractivity contribution is 0.282. The van der Waals surface area contributed by atoms with E-state index in [-0.39, 0.29) is 0 Å². The van der Waals surface area contributed by atoms with E-state index < -0.39 is 0 Å². The lowest BCUT2D eigenvalue weighted by Crippen LogP contribution is -1.98. The molecular formula is C15H22N4O. The minimum absolute atomic E-state index is 0.316. The molecule has 20 heavy (non-hydrogen) atoms. The lowest BCUT2D eigenvalue weighted by Gasteiger charge is -2.01. The van der Waals surface area contributed by atoms with Crippen LogP contribution in [0, 0.1) is 0 Å². The molecule has 0 aliphatic carbocycles. The van der Waals surface area contributed by atoms with Gasteiger partial charge < -0.3 is 5.11 Å². The maximum Gasteiger partial charge on any atom is 0.114 e. The van der Waals surface area contributed by atoms with E-state index in [4.69, 9.17) is 5.11 Å². The molecule has 2 heterocycles. The van der Waals surface area contributed by atoms with Crippen molar-refractivity contribution in [1.82, 2.24) is 20.0 Å². The van der Waals surface area contributed by atoms with Crippen molar-refractivity contribution >= 4 is 0 Å². The van der Waals surface area contributed by atoms with Crippen molar-refractivity contribution in [3.05, 3.63) is 30.7 Å². The predicted molar refractivity (Wildman–Crippen MR) is 78.0 cm³/mol. The van der Waals surface area contributed by atoms with Crippen LogP contribution in [0.2, 0.25) is 0 Å². The molecule has 108 valence electrons. The van der Waals surface area contributed by atoms with Gasteiger partial charge in [0.2, 0.25) is 0 Å². The average Bonchev–Trinajstić information content (AvgIpc) is 2.96. The van der Waals surface area contributed by atoms with Crippen molar-refractivity contribution in [3.8, 4) is 11.3 Å². The third-order valence-corrected chi connectivity index (χ3v) is 3.29. The molecule has 0 amide bonds. The van der Waals surface area contributed by atoms with Crippen LogP contribution in [-0.2, 0) is 6.54 Å². The molecule has 0 saturated heterocycles. The predicted octanol–water partition coefficient (Wildman–Crippen LogP) is 2.67. The highest BCUT2D eigenvalue weighted by Gasteiger charge is 2.03. The van der Waals surface area contributed by atoms with E-state index in [1.807, 2.05) is 23.0 Å². The number of rotatable bonds is 9. The highest BCUT2D eigenvalue weighted by molar-refractivity contribution is 5.55. The molecule has 0 spiro atoms. The molecule has 2 aromatic rings. The van der Waals surface area contributed by atoms with Gasteiger partial charge in [0.05, 0.1) is 6.20 Å². The number of pyridine rings is 1. The molecule has 2 aromatic heterocycles. The van der Waals surface area contributed by atoms with Gasteiger partial charge in [0.1, 0.15) is 5.69 Å². The normalized spacial score (nSPS) is 10.8. The van der Waals surface area contributed by atoms with Crippen LogP contribution in [0.4, 0.5) is 0 Å². The molecular weight excluding hydrogens is 252 g/mol. The largest absolute Gasteiger partial charge is 0.396 e. The van der Waals surface area contributed by atoms with Crippen LogP contribution in [0.15, 0.2) is 30.7 Å². The topological polar surface area (TPSA) is 63.8 Å². The van der Waals surface area contributed by atoms with Crippen molar-refractivity contribution in [2.24, 2.45) is 0 Å². The summed E-state index contributed by atoms with van der Waals surface area (Å²) in [5.74, 6) is 0. The second kappa shape index (κ2) is 8.43. The highest BCUT2D eigenvalue weighted by atomic mass is 16.2. The smallest absolute Gasteiger partial charge is 0.114 e. The van der Waals surface area contributed by atoms with Crippen molar-refractivity contribution in [2.45, 2.75) is 45.1 Å². The SMILES string of the molecule is OCCCCCCCCn1cc(-c2cccnc2)nn1. The molecule has 2 rings (SSSR count). The van der Waals surface area contributed by atoms with E-state index in [2.05, 4.69) is 15.3 Å². The van der Waals surface area contributed by atoms with Gasteiger partial charge in [0, 0.05) is 31.1 Å². The zero-order valence-corrected chi connectivity index (χ0v) is 11.8. The molecule has 0 unspecified atom stereocenters. The van der Waals surface area contributed by atoms with Crippen LogP contribution >= 0.6 is 0 Å². The number of aromatic nitrogens is 4. The molecule has 0 aliphatic rings. The van der Waals surface area contributed by atoms with Crippen molar-refractivity contribution in [3.63, 3.8) is 0 Å². The van der Waals surface area contributed by atoms with Crippen molar-refractivity contribution in [1.29, 1.82) is 0 Å². The molecule has 0 radical (unpaired) electrons. The summed E-state index contributed by atoms with van der Waals surface area (Å²) in [5, 5.41) is 17.0. The molecule has 1 N–H and O–H groups in total. The van der Waals surface area contributed by atoms with Crippen LogP contribution < -0.4 is 0 Å². The lowest BCUT2D eigenvalue weighted by atomic mass is 10.1. The second-order valence-corrected chi connectivity index (χ2v) is 4.95. The van der Waals surface area contributed by atoms with Crippen LogP contribution in [-0.4, -0.2) is 31.7 Å². The van der Waals surface area contributed by atoms with Gasteiger partial charge in [0.25, 0.3) is 0 Å². The Morgan fingerprint density at radius 3 is 2.60 bits per heavy atom. The van der Waals surface area contributed by atoms with Gasteiger partial charge in [-0.2, -0.15) is 0 Å². The Kier molecular flexibility index (Phi) is 6.17. The Labute approximate surface area is 119 Å². The molecule has 0 aromatic carbocycles. The van der Waals surface area contributed by atoms with Gasteiger partial charge in [-0.25, -0.2) is 0 Å². The van der Waals surface area contributed by atoms with E-state index in [9.17, 15) is 0 Å². The van der Waals surface area contributed by atoms with E-state index in [0.717, 1.165) is 37.1 Å². The zero-order chi connectivity index (χ0) is 14.0. The van der Waals surface area contributed by atoms with Crippen molar-refractivity contribution < 1.29 is 5.11 Å². The summed E-state index contributed by atoms with van der Waals surface area (Å²) in [6.45, 7) is 1.23. The second-order valence-electron chi connectivity index (χ2n) is 4.95. The Balaban J connectivity index is 1.69. The molecule has 0 saturated carbocycles. The summed E-state index contributed by atoms with van der Waals surface area (Å²) >= 11 is 0. The van der Waals surface area contributed by atoms with Gasteiger partial charge >= 0.3 is 0 Å². The quantitative estimate of drug-likeness (QED) is 0.714. The fourth-order valence-corrected chi connectivity index (χ4v) is 2.15. The van der Waals surface area contributed by atoms with Gasteiger partial charge in [-0.1, -0.05) is 30.9 Å². The molecule has 0 fully saturated rings. The number of unbranched alkanes of at least 4 members (excludes halogenated alkanes) is 5. The minimum atomic E-state index is 0.316. The van der Waals surface area contributed by atoms with Crippen LogP contribution in [0.5, 0.6) is 0 Å². The first-order valence-corrected chi connectivity index (χ1v) is 7.31. The Morgan fingerprint density at radius 2 is 1.85 bits per heavy atom. The Morgan fingerprint density at radius 1 is 1.05 bits per heavy atom. The van der Waals surface area contributed by atoms with Crippen molar-refractivity contribution in [2.75, 3.05) is 6.61 Å². The van der Waals surface area contributed by atoms with Crippen LogP contribution in [0.25, 0.3) is 11.3 Å². The third kappa shape index (κ3) is 4.74.